The summed E-state index contributed by atoms with van der Waals surface area (Å²) >= 11 is 0. The van der Waals surface area contributed by atoms with Gasteiger partial charge in [0.25, 0.3) is 0 Å². The first kappa shape index (κ1) is 19.5. The molecule has 0 atom stereocenters. The Bertz CT molecular complexity index is 435. The van der Waals surface area contributed by atoms with E-state index in [-0.39, 0.29) is 5.97 Å². The number of hydrogen-bond donors (Lipinski definition) is 0. The van der Waals surface area contributed by atoms with Crippen molar-refractivity contribution in [1.82, 2.24) is 4.90 Å². The molecule has 0 aliphatic heterocycles. The predicted octanol–water partition coefficient (Wildman–Crippen LogP) is 3.81. The number of hydrogen-bond acceptors (Lipinski definition) is 4. The van der Waals surface area contributed by atoms with Crippen LogP contribution in [0.5, 0.6) is 0 Å². The van der Waals surface area contributed by atoms with Gasteiger partial charge in [0.2, 0.25) is 0 Å². The van der Waals surface area contributed by atoms with Gasteiger partial charge in [-0.25, -0.2) is 4.79 Å². The van der Waals surface area contributed by atoms with E-state index in [0.717, 1.165) is 19.6 Å². The van der Waals surface area contributed by atoms with E-state index in [1.807, 2.05) is 43.3 Å². The first-order valence-corrected chi connectivity index (χ1v) is 8.75. The Morgan fingerprint density at radius 1 is 0.957 bits per heavy atom. The Morgan fingerprint density at radius 3 is 2.00 bits per heavy atom. The van der Waals surface area contributed by atoms with Crippen LogP contribution in [0.15, 0.2) is 24.3 Å². The largest absolute Gasteiger partial charge is 0.461 e. The summed E-state index contributed by atoms with van der Waals surface area (Å²) in [5.41, 5.74) is 1.81. The number of esters is 1. The molecule has 0 saturated heterocycles. The SMILES string of the molecule is CCCCN(CCCC)c1ccc(C(=O)OCCN(C)C)cc1. The fourth-order valence-corrected chi connectivity index (χ4v) is 2.28. The van der Waals surface area contributed by atoms with Gasteiger partial charge in [-0.05, 0) is 51.2 Å². The first-order valence-electron chi connectivity index (χ1n) is 8.75. The van der Waals surface area contributed by atoms with Gasteiger partial charge in [-0.15, -0.1) is 0 Å². The van der Waals surface area contributed by atoms with Crippen molar-refractivity contribution in [3.05, 3.63) is 29.8 Å². The van der Waals surface area contributed by atoms with E-state index in [0.29, 0.717) is 12.2 Å². The summed E-state index contributed by atoms with van der Waals surface area (Å²) in [5.74, 6) is -0.243. The molecule has 0 aliphatic carbocycles. The van der Waals surface area contributed by atoms with Crippen molar-refractivity contribution in [3.8, 4) is 0 Å². The van der Waals surface area contributed by atoms with Gasteiger partial charge < -0.3 is 14.5 Å². The summed E-state index contributed by atoms with van der Waals surface area (Å²) in [4.78, 5) is 16.4. The lowest BCUT2D eigenvalue weighted by atomic mass is 10.1. The van der Waals surface area contributed by atoms with Crippen LogP contribution in [0, 0.1) is 0 Å². The molecule has 4 nitrogen and oxygen atoms in total. The number of carbonyl (C=O) groups is 1. The third kappa shape index (κ3) is 7.51. The fraction of sp³-hybridized carbons (Fsp3) is 0.632. The van der Waals surface area contributed by atoms with Crippen molar-refractivity contribution in [1.29, 1.82) is 0 Å². The molecular formula is C19H32N2O2. The van der Waals surface area contributed by atoms with Crippen LogP contribution in [0.4, 0.5) is 5.69 Å². The Hall–Kier alpha value is -1.55. The summed E-state index contributed by atoms with van der Waals surface area (Å²) < 4.78 is 5.27. The minimum Gasteiger partial charge on any atom is -0.461 e. The lowest BCUT2D eigenvalue weighted by Crippen LogP contribution is -2.25. The summed E-state index contributed by atoms with van der Waals surface area (Å²) in [6.45, 7) is 7.74. The van der Waals surface area contributed by atoms with E-state index in [4.69, 9.17) is 4.74 Å². The Kier molecular flexibility index (Phi) is 9.37. The Labute approximate surface area is 141 Å². The third-order valence-electron chi connectivity index (χ3n) is 3.80. The van der Waals surface area contributed by atoms with Gasteiger partial charge in [0, 0.05) is 25.3 Å². The average molecular weight is 320 g/mol. The molecule has 0 amide bonds. The maximum absolute atomic E-state index is 12.0. The standard InChI is InChI=1S/C19H32N2O2/c1-5-7-13-21(14-8-6-2)18-11-9-17(10-12-18)19(22)23-16-15-20(3)4/h9-12H,5-8,13-16H2,1-4H3. The van der Waals surface area contributed by atoms with Crippen molar-refractivity contribution in [3.63, 3.8) is 0 Å². The maximum Gasteiger partial charge on any atom is 0.338 e. The van der Waals surface area contributed by atoms with Gasteiger partial charge >= 0.3 is 5.97 Å². The van der Waals surface area contributed by atoms with Crippen LogP contribution in [0.2, 0.25) is 0 Å². The average Bonchev–Trinajstić information content (AvgIpc) is 2.55. The number of benzene rings is 1. The molecule has 0 aliphatic rings. The summed E-state index contributed by atoms with van der Waals surface area (Å²) in [6, 6.07) is 7.82. The molecule has 0 aromatic heterocycles. The van der Waals surface area contributed by atoms with Crippen LogP contribution in [0.1, 0.15) is 49.9 Å². The van der Waals surface area contributed by atoms with E-state index in [9.17, 15) is 4.79 Å². The lowest BCUT2D eigenvalue weighted by Gasteiger charge is -2.24. The van der Waals surface area contributed by atoms with E-state index in [1.165, 1.54) is 31.4 Å². The predicted molar refractivity (Wildman–Crippen MR) is 97.3 cm³/mol. The number of ether oxygens (including phenoxy) is 1. The van der Waals surface area contributed by atoms with E-state index >= 15 is 0 Å². The van der Waals surface area contributed by atoms with Gasteiger partial charge in [-0.3, -0.25) is 0 Å². The molecule has 0 spiro atoms. The molecule has 0 saturated carbocycles. The number of nitrogens with zero attached hydrogens (tertiary/aromatic N) is 2. The normalized spacial score (nSPS) is 10.8. The monoisotopic (exact) mass is 320 g/mol. The smallest absolute Gasteiger partial charge is 0.338 e. The molecular weight excluding hydrogens is 288 g/mol. The first-order chi connectivity index (χ1) is 11.1. The highest BCUT2D eigenvalue weighted by atomic mass is 16.5. The molecule has 1 aromatic rings. The van der Waals surface area contributed by atoms with Crippen LogP contribution in [0.3, 0.4) is 0 Å². The second kappa shape index (κ2) is 11.1. The van der Waals surface area contributed by atoms with Gasteiger partial charge in [0.1, 0.15) is 6.61 Å². The van der Waals surface area contributed by atoms with Crippen molar-refractivity contribution in [2.75, 3.05) is 45.2 Å². The van der Waals surface area contributed by atoms with Crippen molar-refractivity contribution in [2.24, 2.45) is 0 Å². The highest BCUT2D eigenvalue weighted by molar-refractivity contribution is 5.89. The minimum atomic E-state index is -0.243. The number of unbranched alkanes of at least 4 members (excludes halogenated alkanes) is 2. The topological polar surface area (TPSA) is 32.8 Å². The van der Waals surface area contributed by atoms with E-state index in [2.05, 4.69) is 18.7 Å². The minimum absolute atomic E-state index is 0.243. The lowest BCUT2D eigenvalue weighted by molar-refractivity contribution is 0.0482. The van der Waals surface area contributed by atoms with Crippen LogP contribution in [-0.4, -0.2) is 51.2 Å². The summed E-state index contributed by atoms with van der Waals surface area (Å²) in [7, 11) is 3.92. The highest BCUT2D eigenvalue weighted by Crippen LogP contribution is 2.17. The zero-order valence-corrected chi connectivity index (χ0v) is 15.2. The maximum atomic E-state index is 12.0. The van der Waals surface area contributed by atoms with Gasteiger partial charge in [-0.1, -0.05) is 26.7 Å². The van der Waals surface area contributed by atoms with Crippen molar-refractivity contribution < 1.29 is 9.53 Å². The van der Waals surface area contributed by atoms with E-state index in [1.54, 1.807) is 0 Å². The molecule has 23 heavy (non-hydrogen) atoms. The molecule has 0 bridgehead atoms. The number of carbonyl (C=O) groups excluding carboxylic acids is 1. The molecule has 130 valence electrons. The van der Waals surface area contributed by atoms with Gasteiger partial charge in [0.15, 0.2) is 0 Å². The molecule has 0 fully saturated rings. The summed E-state index contributed by atoms with van der Waals surface area (Å²) in [6.07, 6.45) is 4.77. The fourth-order valence-electron chi connectivity index (χ4n) is 2.28. The van der Waals surface area contributed by atoms with Crippen LogP contribution in [-0.2, 0) is 4.74 Å². The zero-order valence-electron chi connectivity index (χ0n) is 15.2. The Morgan fingerprint density at radius 2 is 1.52 bits per heavy atom. The van der Waals surface area contributed by atoms with Crippen molar-refractivity contribution >= 4 is 11.7 Å². The highest BCUT2D eigenvalue weighted by Gasteiger charge is 2.10. The molecule has 1 rings (SSSR count). The zero-order chi connectivity index (χ0) is 17.1. The van der Waals surface area contributed by atoms with Crippen LogP contribution in [0.25, 0.3) is 0 Å². The summed E-state index contributed by atoms with van der Waals surface area (Å²) in [5, 5.41) is 0. The Balaban J connectivity index is 2.62. The van der Waals surface area contributed by atoms with Crippen molar-refractivity contribution in [2.45, 2.75) is 39.5 Å². The molecule has 0 N–H and O–H groups in total. The molecule has 4 heteroatoms. The molecule has 0 radical (unpaired) electrons. The molecule has 0 heterocycles. The quantitative estimate of drug-likeness (QED) is 0.580. The number of likely N-dealkylation sites (N-methyl/N-ethyl adjacent to an activating group) is 1. The number of rotatable bonds is 11. The third-order valence-corrected chi connectivity index (χ3v) is 3.80. The molecule has 1 aromatic carbocycles. The number of anilines is 1. The van der Waals surface area contributed by atoms with Gasteiger partial charge in [0.05, 0.1) is 5.56 Å². The second-order valence-corrected chi connectivity index (χ2v) is 6.18. The van der Waals surface area contributed by atoms with Crippen LogP contribution < -0.4 is 4.90 Å². The van der Waals surface area contributed by atoms with Gasteiger partial charge in [-0.2, -0.15) is 0 Å². The second-order valence-electron chi connectivity index (χ2n) is 6.18. The van der Waals surface area contributed by atoms with E-state index < -0.39 is 0 Å². The molecule has 0 unspecified atom stereocenters. The van der Waals surface area contributed by atoms with Crippen LogP contribution >= 0.6 is 0 Å².